The molecule has 1 saturated heterocycles. The molecule has 0 amide bonds. The first-order valence-electron chi connectivity index (χ1n) is 7.99. The summed E-state index contributed by atoms with van der Waals surface area (Å²) in [5, 5.41) is 12.4. The van der Waals surface area contributed by atoms with Crippen molar-refractivity contribution in [3.05, 3.63) is 30.1 Å². The zero-order valence-electron chi connectivity index (χ0n) is 13.1. The lowest BCUT2D eigenvalue weighted by Crippen LogP contribution is -2.43. The number of hydrogen-bond acceptors (Lipinski definition) is 5. The van der Waals surface area contributed by atoms with E-state index in [0.717, 1.165) is 36.6 Å². The van der Waals surface area contributed by atoms with Crippen LogP contribution in [0.5, 0.6) is 0 Å². The van der Waals surface area contributed by atoms with Gasteiger partial charge in [-0.15, -0.1) is 10.2 Å². The van der Waals surface area contributed by atoms with Gasteiger partial charge in [0, 0.05) is 36.9 Å². The van der Waals surface area contributed by atoms with E-state index in [1.54, 1.807) is 18.2 Å². The first-order valence-corrected chi connectivity index (χ1v) is 9.88. The number of sulfone groups is 1. The Labute approximate surface area is 135 Å². The molecule has 2 bridgehead atoms. The van der Waals surface area contributed by atoms with Crippen molar-refractivity contribution in [1.82, 2.24) is 20.1 Å². The number of benzene rings is 1. The number of fused-ring (bicyclic) bond motifs is 3. The molecule has 2 aliphatic heterocycles. The molecule has 3 heterocycles. The Morgan fingerprint density at radius 3 is 2.87 bits per heavy atom. The molecule has 1 N–H and O–H groups in total. The largest absolute Gasteiger partial charge is 0.309 e. The first-order chi connectivity index (χ1) is 11.0. The summed E-state index contributed by atoms with van der Waals surface area (Å²) in [6.45, 7) is 0.845. The second kappa shape index (κ2) is 5.42. The SMILES string of the molecule is CS(=O)(=O)c1cccc(-c2nnc3n2CC2CCCC(C3)N2)c1. The molecule has 7 heteroatoms. The van der Waals surface area contributed by atoms with Gasteiger partial charge in [0.2, 0.25) is 0 Å². The summed E-state index contributed by atoms with van der Waals surface area (Å²) >= 11 is 0. The van der Waals surface area contributed by atoms with Crippen molar-refractivity contribution in [3.63, 3.8) is 0 Å². The standard InChI is InChI=1S/C16H20N4O2S/c1-23(21,22)14-7-2-4-11(8-14)16-19-18-15-9-12-5-3-6-13(17-12)10-20(15)16/h2,4,7-8,12-13,17H,3,5-6,9-10H2,1H3. The third-order valence-corrected chi connectivity index (χ3v) is 5.87. The van der Waals surface area contributed by atoms with Gasteiger partial charge < -0.3 is 9.88 Å². The molecule has 2 atom stereocenters. The molecule has 1 aromatic carbocycles. The summed E-state index contributed by atoms with van der Waals surface area (Å²) in [6.07, 6.45) is 5.71. The fourth-order valence-corrected chi connectivity index (χ4v) is 4.28. The molecule has 4 rings (SSSR count). The average molecular weight is 332 g/mol. The van der Waals surface area contributed by atoms with Gasteiger partial charge in [-0.1, -0.05) is 18.6 Å². The van der Waals surface area contributed by atoms with Gasteiger partial charge in [-0.25, -0.2) is 8.42 Å². The highest BCUT2D eigenvalue weighted by atomic mass is 32.2. The Kier molecular flexibility index (Phi) is 3.50. The Morgan fingerprint density at radius 1 is 1.22 bits per heavy atom. The number of piperidine rings is 1. The molecule has 2 unspecified atom stereocenters. The molecule has 122 valence electrons. The molecular formula is C16H20N4O2S. The van der Waals surface area contributed by atoms with Crippen molar-refractivity contribution >= 4 is 9.84 Å². The number of hydrogen-bond donors (Lipinski definition) is 1. The molecule has 23 heavy (non-hydrogen) atoms. The van der Waals surface area contributed by atoms with E-state index in [1.807, 2.05) is 6.07 Å². The van der Waals surface area contributed by atoms with Crippen LogP contribution in [-0.4, -0.2) is 41.5 Å². The van der Waals surface area contributed by atoms with Crippen molar-refractivity contribution in [3.8, 4) is 11.4 Å². The average Bonchev–Trinajstić information content (AvgIpc) is 2.84. The fourth-order valence-electron chi connectivity index (χ4n) is 3.61. The van der Waals surface area contributed by atoms with Gasteiger partial charge in [0.1, 0.15) is 5.82 Å². The van der Waals surface area contributed by atoms with E-state index < -0.39 is 9.84 Å². The maximum Gasteiger partial charge on any atom is 0.175 e. The minimum atomic E-state index is -3.23. The number of nitrogens with zero attached hydrogens (tertiary/aromatic N) is 3. The van der Waals surface area contributed by atoms with Gasteiger partial charge in [0.15, 0.2) is 15.7 Å². The van der Waals surface area contributed by atoms with Crippen LogP contribution in [0.2, 0.25) is 0 Å². The van der Waals surface area contributed by atoms with Crippen molar-refractivity contribution in [2.45, 2.75) is 49.2 Å². The summed E-state index contributed by atoms with van der Waals surface area (Å²) in [4.78, 5) is 0.317. The predicted molar refractivity (Wildman–Crippen MR) is 86.8 cm³/mol. The zero-order chi connectivity index (χ0) is 16.0. The molecule has 0 saturated carbocycles. The Hall–Kier alpha value is -1.73. The van der Waals surface area contributed by atoms with Crippen molar-refractivity contribution in [2.75, 3.05) is 6.26 Å². The monoisotopic (exact) mass is 332 g/mol. The molecule has 0 aliphatic carbocycles. The van der Waals surface area contributed by atoms with Crippen LogP contribution in [0.15, 0.2) is 29.2 Å². The molecule has 6 nitrogen and oxygen atoms in total. The van der Waals surface area contributed by atoms with E-state index in [2.05, 4.69) is 20.1 Å². The molecular weight excluding hydrogens is 312 g/mol. The molecule has 0 spiro atoms. The highest BCUT2D eigenvalue weighted by molar-refractivity contribution is 7.90. The number of rotatable bonds is 2. The van der Waals surface area contributed by atoms with Gasteiger partial charge in [-0.2, -0.15) is 0 Å². The van der Waals surface area contributed by atoms with E-state index >= 15 is 0 Å². The van der Waals surface area contributed by atoms with Crippen LogP contribution < -0.4 is 5.32 Å². The third-order valence-electron chi connectivity index (χ3n) is 4.76. The Balaban J connectivity index is 1.77. The predicted octanol–water partition coefficient (Wildman–Crippen LogP) is 1.42. The van der Waals surface area contributed by atoms with Gasteiger partial charge >= 0.3 is 0 Å². The summed E-state index contributed by atoms with van der Waals surface area (Å²) in [6, 6.07) is 7.90. The summed E-state index contributed by atoms with van der Waals surface area (Å²) in [5.41, 5.74) is 0.808. The normalized spacial score (nSPS) is 24.0. The topological polar surface area (TPSA) is 76.9 Å². The van der Waals surface area contributed by atoms with Crippen LogP contribution >= 0.6 is 0 Å². The molecule has 1 fully saturated rings. The van der Waals surface area contributed by atoms with Gasteiger partial charge in [0.25, 0.3) is 0 Å². The molecule has 2 aliphatic rings. The van der Waals surface area contributed by atoms with Crippen LogP contribution in [0.4, 0.5) is 0 Å². The summed E-state index contributed by atoms with van der Waals surface area (Å²) in [5.74, 6) is 1.76. The van der Waals surface area contributed by atoms with Crippen LogP contribution in [0.3, 0.4) is 0 Å². The van der Waals surface area contributed by atoms with Crippen molar-refractivity contribution in [2.24, 2.45) is 0 Å². The summed E-state index contributed by atoms with van der Waals surface area (Å²) in [7, 11) is -3.23. The lowest BCUT2D eigenvalue weighted by atomic mass is 9.98. The van der Waals surface area contributed by atoms with Crippen LogP contribution in [-0.2, 0) is 22.8 Å². The highest BCUT2D eigenvalue weighted by Crippen LogP contribution is 2.27. The lowest BCUT2D eigenvalue weighted by Gasteiger charge is -2.27. The maximum atomic E-state index is 11.8. The van der Waals surface area contributed by atoms with E-state index in [1.165, 1.54) is 19.1 Å². The first kappa shape index (κ1) is 14.8. The quantitative estimate of drug-likeness (QED) is 0.900. The molecule has 1 aromatic heterocycles. The third kappa shape index (κ3) is 2.79. The fraction of sp³-hybridized carbons (Fsp3) is 0.500. The van der Waals surface area contributed by atoms with Gasteiger partial charge in [-0.05, 0) is 25.0 Å². The molecule has 2 aromatic rings. The number of nitrogens with one attached hydrogen (secondary N) is 1. The minimum Gasteiger partial charge on any atom is -0.309 e. The smallest absolute Gasteiger partial charge is 0.175 e. The van der Waals surface area contributed by atoms with Gasteiger partial charge in [0.05, 0.1) is 4.90 Å². The van der Waals surface area contributed by atoms with E-state index in [0.29, 0.717) is 17.0 Å². The molecule has 0 radical (unpaired) electrons. The van der Waals surface area contributed by atoms with Crippen molar-refractivity contribution < 1.29 is 8.42 Å². The maximum absolute atomic E-state index is 11.8. The van der Waals surface area contributed by atoms with Gasteiger partial charge in [-0.3, -0.25) is 0 Å². The Bertz CT molecular complexity index is 844. The van der Waals surface area contributed by atoms with E-state index in [-0.39, 0.29) is 0 Å². The highest BCUT2D eigenvalue weighted by Gasteiger charge is 2.29. The van der Waals surface area contributed by atoms with E-state index in [4.69, 9.17) is 0 Å². The van der Waals surface area contributed by atoms with Crippen LogP contribution in [0, 0.1) is 0 Å². The summed E-state index contributed by atoms with van der Waals surface area (Å²) < 4.78 is 25.7. The Morgan fingerprint density at radius 2 is 2.04 bits per heavy atom. The van der Waals surface area contributed by atoms with E-state index in [9.17, 15) is 8.42 Å². The second-order valence-electron chi connectivity index (χ2n) is 6.55. The lowest BCUT2D eigenvalue weighted by molar-refractivity contribution is 0.315. The zero-order valence-corrected chi connectivity index (χ0v) is 13.9. The second-order valence-corrected chi connectivity index (χ2v) is 8.56. The van der Waals surface area contributed by atoms with Crippen LogP contribution in [0.25, 0.3) is 11.4 Å². The van der Waals surface area contributed by atoms with Crippen molar-refractivity contribution in [1.29, 1.82) is 0 Å². The minimum absolute atomic E-state index is 0.317. The van der Waals surface area contributed by atoms with Crippen LogP contribution in [0.1, 0.15) is 25.1 Å². The number of aromatic nitrogens is 3.